The molecular weight excluding hydrogens is 474 g/mol. The summed E-state index contributed by atoms with van der Waals surface area (Å²) in [7, 11) is 0. The second-order valence-electron chi connectivity index (χ2n) is 8.23. The number of hydrogen-bond acceptors (Lipinski definition) is 8. The summed E-state index contributed by atoms with van der Waals surface area (Å²) in [6, 6.07) is 2.33. The number of aliphatic carboxylic acids is 1. The first-order valence-corrected chi connectivity index (χ1v) is 12.8. The minimum Gasteiger partial charge on any atom is -0.508 e. The molecule has 35 heavy (non-hydrogen) atoms. The Hall–Kier alpha value is -2.83. The van der Waals surface area contributed by atoms with Crippen LogP contribution in [0.2, 0.25) is 0 Å². The van der Waals surface area contributed by atoms with Crippen LogP contribution in [0.15, 0.2) is 24.3 Å². The van der Waals surface area contributed by atoms with E-state index in [0.29, 0.717) is 31.6 Å². The monoisotopic (exact) mass is 511 g/mol. The smallest absolute Gasteiger partial charge is 0.326 e. The number of hydrogen-bond donors (Lipinski definition) is 7. The van der Waals surface area contributed by atoms with Crippen LogP contribution in [-0.2, 0) is 25.6 Å². The molecule has 0 saturated carbocycles. The van der Waals surface area contributed by atoms with Crippen LogP contribution >= 0.6 is 11.8 Å². The van der Waals surface area contributed by atoms with Crippen molar-refractivity contribution in [2.45, 2.75) is 63.2 Å². The average Bonchev–Trinajstić information content (AvgIpc) is 2.81. The van der Waals surface area contributed by atoms with Gasteiger partial charge in [0.1, 0.15) is 23.9 Å². The molecule has 1 aromatic carbocycles. The van der Waals surface area contributed by atoms with Crippen molar-refractivity contribution in [1.82, 2.24) is 16.0 Å². The molecule has 0 aromatic heterocycles. The molecule has 4 atom stereocenters. The fraction of sp³-hybridized carbons (Fsp3) is 0.565. The highest BCUT2D eigenvalue weighted by atomic mass is 32.2. The van der Waals surface area contributed by atoms with Gasteiger partial charge < -0.3 is 37.6 Å². The van der Waals surface area contributed by atoms with E-state index >= 15 is 0 Å². The molecule has 1 aromatic rings. The van der Waals surface area contributed by atoms with Crippen molar-refractivity contribution >= 4 is 35.5 Å². The minimum absolute atomic E-state index is 0.0977. The molecule has 0 saturated heterocycles. The normalized spacial score (nSPS) is 14.3. The highest BCUT2D eigenvalue weighted by Crippen LogP contribution is 2.11. The first kappa shape index (κ1) is 30.2. The molecule has 0 heterocycles. The molecule has 0 radical (unpaired) electrons. The lowest BCUT2D eigenvalue weighted by molar-refractivity contribution is -0.142. The number of carboxylic acids is 1. The molecule has 1 rings (SSSR count). The molecule has 4 unspecified atom stereocenters. The number of benzene rings is 1. The Kier molecular flexibility index (Phi) is 13.8. The lowest BCUT2D eigenvalue weighted by Gasteiger charge is -2.23. The van der Waals surface area contributed by atoms with Crippen molar-refractivity contribution in [3.63, 3.8) is 0 Å². The first-order valence-electron chi connectivity index (χ1n) is 11.4. The summed E-state index contributed by atoms with van der Waals surface area (Å²) in [4.78, 5) is 49.4. The second-order valence-corrected chi connectivity index (χ2v) is 9.22. The standard InChI is InChI=1S/C23H37N5O6S/c1-14(20(30)28-19(23(33)34)10-12-35-2)26-22(32)18(5-3-4-11-24)27-21(31)17(25)13-15-6-8-16(29)9-7-15/h6-9,14,17-19,29H,3-5,10-13,24-25H2,1-2H3,(H,26,32)(H,27,31)(H,28,30)(H,33,34). The number of nitrogens with one attached hydrogen (secondary N) is 3. The number of phenolic OH excluding ortho intramolecular Hbond substituents is 1. The van der Waals surface area contributed by atoms with Gasteiger partial charge in [-0.3, -0.25) is 14.4 Å². The molecule has 0 aliphatic rings. The van der Waals surface area contributed by atoms with Crippen LogP contribution in [0, 0.1) is 0 Å². The van der Waals surface area contributed by atoms with Gasteiger partial charge in [0, 0.05) is 0 Å². The summed E-state index contributed by atoms with van der Waals surface area (Å²) < 4.78 is 0. The number of carbonyl (C=O) groups is 4. The number of aromatic hydroxyl groups is 1. The van der Waals surface area contributed by atoms with Gasteiger partial charge in [-0.2, -0.15) is 11.8 Å². The molecule has 196 valence electrons. The summed E-state index contributed by atoms with van der Waals surface area (Å²) in [5, 5.41) is 26.3. The van der Waals surface area contributed by atoms with Crippen molar-refractivity contribution in [2.24, 2.45) is 11.5 Å². The quantitative estimate of drug-likeness (QED) is 0.146. The van der Waals surface area contributed by atoms with E-state index in [0.717, 1.165) is 5.56 Å². The molecule has 0 fully saturated rings. The van der Waals surface area contributed by atoms with Crippen LogP contribution in [0.5, 0.6) is 5.75 Å². The van der Waals surface area contributed by atoms with Gasteiger partial charge in [-0.15, -0.1) is 0 Å². The fourth-order valence-electron chi connectivity index (χ4n) is 3.19. The van der Waals surface area contributed by atoms with Crippen LogP contribution in [0.3, 0.4) is 0 Å². The number of nitrogens with two attached hydrogens (primary N) is 2. The van der Waals surface area contributed by atoms with Gasteiger partial charge in [0.05, 0.1) is 6.04 Å². The van der Waals surface area contributed by atoms with Crippen molar-refractivity contribution in [2.75, 3.05) is 18.6 Å². The van der Waals surface area contributed by atoms with Crippen LogP contribution in [0.1, 0.15) is 38.2 Å². The van der Waals surface area contributed by atoms with E-state index in [1.54, 1.807) is 12.1 Å². The highest BCUT2D eigenvalue weighted by Gasteiger charge is 2.28. The Bertz CT molecular complexity index is 838. The van der Waals surface area contributed by atoms with E-state index < -0.39 is 47.9 Å². The summed E-state index contributed by atoms with van der Waals surface area (Å²) in [6.45, 7) is 1.87. The molecule has 0 bridgehead atoms. The number of amides is 3. The Morgan fingerprint density at radius 3 is 2.14 bits per heavy atom. The van der Waals surface area contributed by atoms with Crippen LogP contribution in [0.25, 0.3) is 0 Å². The van der Waals surface area contributed by atoms with E-state index in [1.807, 2.05) is 6.26 Å². The van der Waals surface area contributed by atoms with Gasteiger partial charge in [0.15, 0.2) is 0 Å². The highest BCUT2D eigenvalue weighted by molar-refractivity contribution is 7.98. The minimum atomic E-state index is -1.15. The van der Waals surface area contributed by atoms with Crippen LogP contribution in [0.4, 0.5) is 0 Å². The molecule has 3 amide bonds. The predicted octanol–water partition coefficient (Wildman–Crippen LogP) is -0.297. The largest absolute Gasteiger partial charge is 0.508 e. The van der Waals surface area contributed by atoms with E-state index in [-0.39, 0.29) is 18.6 Å². The van der Waals surface area contributed by atoms with Crippen molar-refractivity contribution in [3.8, 4) is 5.75 Å². The third kappa shape index (κ3) is 11.4. The Labute approximate surface area is 209 Å². The SMILES string of the molecule is CSCCC(NC(=O)C(C)NC(=O)C(CCCCN)NC(=O)C(N)Cc1ccc(O)cc1)C(=O)O. The van der Waals surface area contributed by atoms with E-state index in [9.17, 15) is 29.4 Å². The Morgan fingerprint density at radius 1 is 0.943 bits per heavy atom. The molecule has 12 heteroatoms. The third-order valence-electron chi connectivity index (χ3n) is 5.29. The third-order valence-corrected chi connectivity index (χ3v) is 5.93. The number of carbonyl (C=O) groups excluding carboxylic acids is 3. The molecule has 11 nitrogen and oxygen atoms in total. The van der Waals surface area contributed by atoms with Crippen molar-refractivity contribution < 1.29 is 29.4 Å². The fourth-order valence-corrected chi connectivity index (χ4v) is 3.66. The van der Waals surface area contributed by atoms with Crippen molar-refractivity contribution in [1.29, 1.82) is 0 Å². The number of unbranched alkanes of at least 4 members (excludes halogenated alkanes) is 1. The zero-order valence-corrected chi connectivity index (χ0v) is 21.0. The average molecular weight is 512 g/mol. The number of thioether (sulfide) groups is 1. The maximum atomic E-state index is 12.9. The number of carboxylic acid groups (broad SMARTS) is 1. The van der Waals surface area contributed by atoms with Crippen LogP contribution in [-0.4, -0.2) is 76.6 Å². The van der Waals surface area contributed by atoms with Gasteiger partial charge in [-0.1, -0.05) is 12.1 Å². The molecular formula is C23H37N5O6S. The predicted molar refractivity (Wildman–Crippen MR) is 135 cm³/mol. The Morgan fingerprint density at radius 2 is 1.57 bits per heavy atom. The van der Waals surface area contributed by atoms with Gasteiger partial charge in [0.25, 0.3) is 0 Å². The first-order chi connectivity index (χ1) is 16.6. The topological polar surface area (TPSA) is 197 Å². The van der Waals surface area contributed by atoms with Gasteiger partial charge in [-0.05, 0) is 75.3 Å². The summed E-state index contributed by atoms with van der Waals surface area (Å²) in [5.74, 6) is -2.25. The Balaban J connectivity index is 2.76. The van der Waals surface area contributed by atoms with E-state index in [2.05, 4.69) is 16.0 Å². The van der Waals surface area contributed by atoms with Crippen molar-refractivity contribution in [3.05, 3.63) is 29.8 Å². The zero-order chi connectivity index (χ0) is 26.4. The van der Waals surface area contributed by atoms with Gasteiger partial charge in [-0.25, -0.2) is 4.79 Å². The lowest BCUT2D eigenvalue weighted by atomic mass is 10.0. The van der Waals surface area contributed by atoms with Gasteiger partial charge in [0.2, 0.25) is 17.7 Å². The summed E-state index contributed by atoms with van der Waals surface area (Å²) in [6.07, 6.45) is 3.79. The van der Waals surface area contributed by atoms with Crippen LogP contribution < -0.4 is 27.4 Å². The second kappa shape index (κ2) is 16.0. The molecule has 0 aliphatic heterocycles. The number of phenols is 1. The zero-order valence-electron chi connectivity index (χ0n) is 20.2. The maximum absolute atomic E-state index is 12.9. The number of rotatable bonds is 16. The molecule has 9 N–H and O–H groups in total. The molecule has 0 aliphatic carbocycles. The maximum Gasteiger partial charge on any atom is 0.326 e. The van der Waals surface area contributed by atoms with E-state index in [1.165, 1.54) is 30.8 Å². The lowest BCUT2D eigenvalue weighted by Crippen LogP contribution is -2.56. The van der Waals surface area contributed by atoms with Gasteiger partial charge >= 0.3 is 5.97 Å². The summed E-state index contributed by atoms with van der Waals surface area (Å²) in [5.41, 5.74) is 12.3. The molecule has 0 spiro atoms. The van der Waals surface area contributed by atoms with E-state index in [4.69, 9.17) is 11.5 Å². The summed E-state index contributed by atoms with van der Waals surface area (Å²) >= 11 is 1.46.